The van der Waals surface area contributed by atoms with E-state index in [0.717, 1.165) is 16.3 Å². The fraction of sp³-hybridized carbons (Fsp3) is 0.400. The highest BCUT2D eigenvalue weighted by molar-refractivity contribution is 8.13. The normalized spacial score (nSPS) is 19.9. The van der Waals surface area contributed by atoms with Crippen molar-refractivity contribution in [2.75, 3.05) is 18.2 Å². The Kier molecular flexibility index (Phi) is 2.89. The van der Waals surface area contributed by atoms with Gasteiger partial charge in [0.1, 0.15) is 16.4 Å². The lowest BCUT2D eigenvalue weighted by atomic mass is 10.2. The number of pyridine rings is 1. The van der Waals surface area contributed by atoms with Gasteiger partial charge in [-0.05, 0) is 19.2 Å². The standard InChI is InChI=1S/C10H12ClN3S/c1-6-13-10(15-3)7-4-9(11)12-5-8(7)14(6)2/h4-6H,1-3H3. The predicted octanol–water partition coefficient (Wildman–Crippen LogP) is 2.64. The van der Waals surface area contributed by atoms with Gasteiger partial charge in [-0.2, -0.15) is 0 Å². The predicted molar refractivity (Wildman–Crippen MR) is 67.2 cm³/mol. The topological polar surface area (TPSA) is 28.5 Å². The lowest BCUT2D eigenvalue weighted by molar-refractivity contribution is 0.715. The minimum Gasteiger partial charge on any atom is -0.351 e. The van der Waals surface area contributed by atoms with E-state index < -0.39 is 0 Å². The van der Waals surface area contributed by atoms with Gasteiger partial charge in [0.05, 0.1) is 11.9 Å². The lowest BCUT2D eigenvalue weighted by Crippen LogP contribution is -2.33. The monoisotopic (exact) mass is 241 g/mol. The van der Waals surface area contributed by atoms with Crippen LogP contribution >= 0.6 is 23.4 Å². The molecule has 0 spiro atoms. The van der Waals surface area contributed by atoms with E-state index in [9.17, 15) is 0 Å². The molecule has 15 heavy (non-hydrogen) atoms. The molecule has 80 valence electrons. The molecule has 1 aliphatic heterocycles. The van der Waals surface area contributed by atoms with Crippen LogP contribution in [0.1, 0.15) is 12.5 Å². The van der Waals surface area contributed by atoms with Crippen molar-refractivity contribution in [2.24, 2.45) is 4.99 Å². The number of hydrogen-bond acceptors (Lipinski definition) is 4. The molecule has 0 fully saturated rings. The summed E-state index contributed by atoms with van der Waals surface area (Å²) >= 11 is 7.53. The molecular weight excluding hydrogens is 230 g/mol. The van der Waals surface area contributed by atoms with Crippen molar-refractivity contribution in [3.63, 3.8) is 0 Å². The maximum absolute atomic E-state index is 5.89. The number of aromatic nitrogens is 1. The average molecular weight is 242 g/mol. The van der Waals surface area contributed by atoms with Gasteiger partial charge in [-0.25, -0.2) is 4.98 Å². The Morgan fingerprint density at radius 1 is 1.53 bits per heavy atom. The van der Waals surface area contributed by atoms with Crippen molar-refractivity contribution < 1.29 is 0 Å². The van der Waals surface area contributed by atoms with Crippen LogP contribution < -0.4 is 4.90 Å². The van der Waals surface area contributed by atoms with Crippen LogP contribution in [0.3, 0.4) is 0 Å². The molecule has 1 aromatic rings. The number of anilines is 1. The second-order valence-electron chi connectivity index (χ2n) is 3.41. The van der Waals surface area contributed by atoms with Crippen LogP contribution in [0.25, 0.3) is 0 Å². The summed E-state index contributed by atoms with van der Waals surface area (Å²) in [6.45, 7) is 2.06. The first-order valence-electron chi connectivity index (χ1n) is 4.64. The molecule has 1 atom stereocenters. The largest absolute Gasteiger partial charge is 0.351 e. The van der Waals surface area contributed by atoms with Gasteiger partial charge in [0.15, 0.2) is 0 Å². The molecular formula is C10H12ClN3S. The summed E-state index contributed by atoms with van der Waals surface area (Å²) in [7, 11) is 2.01. The zero-order valence-corrected chi connectivity index (χ0v) is 10.4. The molecule has 0 aliphatic carbocycles. The number of hydrogen-bond donors (Lipinski definition) is 0. The van der Waals surface area contributed by atoms with Crippen molar-refractivity contribution in [3.05, 3.63) is 23.0 Å². The van der Waals surface area contributed by atoms with Gasteiger partial charge >= 0.3 is 0 Å². The maximum Gasteiger partial charge on any atom is 0.129 e. The van der Waals surface area contributed by atoms with Crippen LogP contribution in [-0.4, -0.2) is 29.5 Å². The van der Waals surface area contributed by atoms with Gasteiger partial charge in [-0.1, -0.05) is 11.6 Å². The highest BCUT2D eigenvalue weighted by atomic mass is 35.5. The van der Waals surface area contributed by atoms with E-state index in [2.05, 4.69) is 21.8 Å². The van der Waals surface area contributed by atoms with Crippen molar-refractivity contribution in [1.82, 2.24) is 4.98 Å². The van der Waals surface area contributed by atoms with E-state index in [0.29, 0.717) is 5.15 Å². The first kappa shape index (κ1) is 10.8. The van der Waals surface area contributed by atoms with Crippen molar-refractivity contribution >= 4 is 34.1 Å². The molecule has 0 bridgehead atoms. The van der Waals surface area contributed by atoms with Crippen molar-refractivity contribution in [3.8, 4) is 0 Å². The number of halogens is 1. The summed E-state index contributed by atoms with van der Waals surface area (Å²) in [5.74, 6) is 0. The van der Waals surface area contributed by atoms with Gasteiger partial charge < -0.3 is 4.90 Å². The first-order chi connectivity index (χ1) is 7.13. The van der Waals surface area contributed by atoms with Crippen LogP contribution in [-0.2, 0) is 0 Å². The molecule has 0 radical (unpaired) electrons. The van der Waals surface area contributed by atoms with E-state index in [1.54, 1.807) is 18.0 Å². The molecule has 0 aromatic carbocycles. The Hall–Kier alpha value is -0.740. The highest BCUT2D eigenvalue weighted by Crippen LogP contribution is 2.30. The third-order valence-electron chi connectivity index (χ3n) is 2.52. The van der Waals surface area contributed by atoms with Crippen LogP contribution in [0.5, 0.6) is 0 Å². The van der Waals surface area contributed by atoms with Crippen molar-refractivity contribution in [1.29, 1.82) is 0 Å². The Morgan fingerprint density at radius 3 is 2.93 bits per heavy atom. The minimum absolute atomic E-state index is 0.155. The molecule has 3 nitrogen and oxygen atoms in total. The van der Waals surface area contributed by atoms with E-state index >= 15 is 0 Å². The number of nitrogens with zero attached hydrogens (tertiary/aromatic N) is 3. The zero-order chi connectivity index (χ0) is 11.0. The Balaban J connectivity index is 2.58. The molecule has 5 heteroatoms. The Labute approximate surface area is 98.6 Å². The lowest BCUT2D eigenvalue weighted by Gasteiger charge is -2.30. The zero-order valence-electron chi connectivity index (χ0n) is 8.86. The van der Waals surface area contributed by atoms with Crippen LogP contribution in [0, 0.1) is 0 Å². The van der Waals surface area contributed by atoms with E-state index in [1.807, 2.05) is 19.4 Å². The summed E-state index contributed by atoms with van der Waals surface area (Å²) in [6.07, 6.45) is 3.98. The molecule has 2 rings (SSSR count). The Morgan fingerprint density at radius 2 is 2.27 bits per heavy atom. The Bertz CT molecular complexity index is 419. The summed E-state index contributed by atoms with van der Waals surface area (Å²) in [5.41, 5.74) is 2.16. The second-order valence-corrected chi connectivity index (χ2v) is 4.59. The second kappa shape index (κ2) is 4.02. The molecule has 0 saturated carbocycles. The van der Waals surface area contributed by atoms with Crippen LogP contribution in [0.4, 0.5) is 5.69 Å². The van der Waals surface area contributed by atoms with E-state index in [4.69, 9.17) is 11.6 Å². The minimum atomic E-state index is 0.155. The number of fused-ring (bicyclic) bond motifs is 1. The first-order valence-corrected chi connectivity index (χ1v) is 6.24. The van der Waals surface area contributed by atoms with Gasteiger partial charge in [-0.3, -0.25) is 4.99 Å². The van der Waals surface area contributed by atoms with Gasteiger partial charge in [0.2, 0.25) is 0 Å². The van der Waals surface area contributed by atoms with Crippen molar-refractivity contribution in [2.45, 2.75) is 13.1 Å². The smallest absolute Gasteiger partial charge is 0.129 e. The molecule has 1 unspecified atom stereocenters. The molecule has 0 amide bonds. The van der Waals surface area contributed by atoms with Gasteiger partial charge in [-0.15, -0.1) is 11.8 Å². The molecule has 2 heterocycles. The number of rotatable bonds is 0. The van der Waals surface area contributed by atoms with Crippen LogP contribution in [0.15, 0.2) is 17.3 Å². The SMILES string of the molecule is CSC1=NC(C)N(C)c2cnc(Cl)cc21. The summed E-state index contributed by atoms with van der Waals surface area (Å²) in [4.78, 5) is 10.8. The molecule has 0 N–H and O–H groups in total. The fourth-order valence-corrected chi connectivity index (χ4v) is 2.36. The number of aliphatic imine (C=N–C) groups is 1. The van der Waals surface area contributed by atoms with E-state index in [1.165, 1.54) is 0 Å². The average Bonchev–Trinajstić information content (AvgIpc) is 2.23. The van der Waals surface area contributed by atoms with Gasteiger partial charge in [0.25, 0.3) is 0 Å². The van der Waals surface area contributed by atoms with Crippen LogP contribution in [0.2, 0.25) is 5.15 Å². The quantitative estimate of drug-likeness (QED) is 0.654. The number of thioether (sulfide) groups is 1. The maximum atomic E-state index is 5.89. The third-order valence-corrected chi connectivity index (χ3v) is 3.44. The van der Waals surface area contributed by atoms with E-state index in [-0.39, 0.29) is 6.17 Å². The summed E-state index contributed by atoms with van der Waals surface area (Å²) < 4.78 is 0. The van der Waals surface area contributed by atoms with Gasteiger partial charge in [0, 0.05) is 12.6 Å². The third kappa shape index (κ3) is 1.84. The highest BCUT2D eigenvalue weighted by Gasteiger charge is 2.22. The molecule has 0 saturated heterocycles. The summed E-state index contributed by atoms with van der Waals surface area (Å²) in [5, 5.41) is 1.54. The fourth-order valence-electron chi connectivity index (χ4n) is 1.56. The molecule has 1 aliphatic rings. The molecule has 1 aromatic heterocycles. The summed E-state index contributed by atoms with van der Waals surface area (Å²) in [6, 6.07) is 1.87.